The predicted molar refractivity (Wildman–Crippen MR) is 113 cm³/mol. The SMILES string of the molecule is CC(=O)OC(C)(C)C(=O)Nc1cnc2ccc(N3CCCC3c3cccc(F)c3)nn12. The Kier molecular flexibility index (Phi) is 5.34. The van der Waals surface area contributed by atoms with Crippen LogP contribution >= 0.6 is 0 Å². The third-order valence-corrected chi connectivity index (χ3v) is 5.32. The molecule has 9 heteroatoms. The summed E-state index contributed by atoms with van der Waals surface area (Å²) < 4.78 is 20.4. The van der Waals surface area contributed by atoms with Crippen LogP contribution in [0.5, 0.6) is 0 Å². The Hall–Kier alpha value is -3.49. The first-order valence-electron chi connectivity index (χ1n) is 10.1. The number of amides is 1. The number of carbonyl (C=O) groups excluding carboxylic acids is 2. The molecule has 1 saturated heterocycles. The number of nitrogens with zero attached hydrogens (tertiary/aromatic N) is 4. The van der Waals surface area contributed by atoms with Crippen molar-refractivity contribution in [3.8, 4) is 0 Å². The van der Waals surface area contributed by atoms with Gasteiger partial charge in [-0.05, 0) is 56.5 Å². The van der Waals surface area contributed by atoms with Gasteiger partial charge in [-0.2, -0.15) is 4.52 Å². The van der Waals surface area contributed by atoms with Gasteiger partial charge in [-0.3, -0.25) is 9.59 Å². The summed E-state index contributed by atoms with van der Waals surface area (Å²) in [5.41, 5.74) is 0.123. The zero-order chi connectivity index (χ0) is 22.2. The molecule has 0 bridgehead atoms. The summed E-state index contributed by atoms with van der Waals surface area (Å²) in [4.78, 5) is 30.3. The topological polar surface area (TPSA) is 88.8 Å². The second-order valence-electron chi connectivity index (χ2n) is 8.07. The molecular formula is C22H24FN5O3. The Bertz CT molecular complexity index is 1140. The average Bonchev–Trinajstić information content (AvgIpc) is 3.34. The normalized spacial score (nSPS) is 16.5. The highest BCUT2D eigenvalue weighted by atomic mass is 19.1. The van der Waals surface area contributed by atoms with E-state index in [0.29, 0.717) is 17.3 Å². The largest absolute Gasteiger partial charge is 0.450 e. The van der Waals surface area contributed by atoms with E-state index in [1.54, 1.807) is 12.1 Å². The number of aromatic nitrogens is 3. The number of rotatable bonds is 5. The Morgan fingerprint density at radius 2 is 2.06 bits per heavy atom. The second kappa shape index (κ2) is 7.98. The smallest absolute Gasteiger partial charge is 0.303 e. The number of carbonyl (C=O) groups is 2. The first kappa shape index (κ1) is 20.8. The average molecular weight is 425 g/mol. The molecule has 1 aliphatic rings. The molecule has 0 aliphatic carbocycles. The molecule has 1 fully saturated rings. The van der Waals surface area contributed by atoms with Crippen molar-refractivity contribution in [2.75, 3.05) is 16.8 Å². The van der Waals surface area contributed by atoms with E-state index in [-0.39, 0.29) is 11.9 Å². The van der Waals surface area contributed by atoms with Crippen molar-refractivity contribution in [2.24, 2.45) is 0 Å². The van der Waals surface area contributed by atoms with Crippen LogP contribution in [0.1, 0.15) is 45.2 Å². The molecule has 1 aliphatic heterocycles. The molecule has 0 saturated carbocycles. The summed E-state index contributed by atoms with van der Waals surface area (Å²) >= 11 is 0. The van der Waals surface area contributed by atoms with Crippen molar-refractivity contribution in [3.63, 3.8) is 0 Å². The number of hydrogen-bond donors (Lipinski definition) is 1. The third kappa shape index (κ3) is 4.21. The van der Waals surface area contributed by atoms with E-state index in [0.717, 1.165) is 24.9 Å². The van der Waals surface area contributed by atoms with Crippen LogP contribution in [0.4, 0.5) is 16.0 Å². The quantitative estimate of drug-likeness (QED) is 0.630. The fourth-order valence-electron chi connectivity index (χ4n) is 3.88. The lowest BCUT2D eigenvalue weighted by Gasteiger charge is -2.26. The van der Waals surface area contributed by atoms with Crippen molar-refractivity contribution >= 4 is 29.2 Å². The number of benzene rings is 1. The van der Waals surface area contributed by atoms with Crippen LogP contribution in [-0.2, 0) is 14.3 Å². The summed E-state index contributed by atoms with van der Waals surface area (Å²) in [6.07, 6.45) is 3.36. The number of esters is 1. The van der Waals surface area contributed by atoms with E-state index in [9.17, 15) is 14.0 Å². The number of anilines is 2. The molecule has 0 spiro atoms. The number of fused-ring (bicyclic) bond motifs is 1. The van der Waals surface area contributed by atoms with Gasteiger partial charge in [0.1, 0.15) is 11.6 Å². The van der Waals surface area contributed by atoms with Crippen LogP contribution in [0.25, 0.3) is 5.65 Å². The van der Waals surface area contributed by atoms with Crippen LogP contribution in [0.3, 0.4) is 0 Å². The van der Waals surface area contributed by atoms with E-state index in [1.165, 1.54) is 37.5 Å². The maximum absolute atomic E-state index is 13.7. The highest BCUT2D eigenvalue weighted by Gasteiger charge is 2.32. The van der Waals surface area contributed by atoms with Gasteiger partial charge in [0.2, 0.25) is 0 Å². The van der Waals surface area contributed by atoms with Gasteiger partial charge in [0, 0.05) is 13.5 Å². The Labute approximate surface area is 179 Å². The molecule has 8 nitrogen and oxygen atoms in total. The molecule has 1 amide bonds. The minimum atomic E-state index is -1.34. The molecule has 1 unspecified atom stereocenters. The summed E-state index contributed by atoms with van der Waals surface area (Å²) in [5.74, 6) is -0.231. The van der Waals surface area contributed by atoms with Crippen LogP contribution in [0, 0.1) is 5.82 Å². The minimum absolute atomic E-state index is 0.0186. The van der Waals surface area contributed by atoms with Gasteiger partial charge in [0.05, 0.1) is 12.2 Å². The van der Waals surface area contributed by atoms with Crippen LogP contribution in [0.15, 0.2) is 42.6 Å². The molecule has 2 aromatic heterocycles. The van der Waals surface area contributed by atoms with Crippen LogP contribution < -0.4 is 10.2 Å². The van der Waals surface area contributed by atoms with Gasteiger partial charge >= 0.3 is 5.97 Å². The van der Waals surface area contributed by atoms with Gasteiger partial charge in [-0.25, -0.2) is 9.37 Å². The maximum atomic E-state index is 13.7. The maximum Gasteiger partial charge on any atom is 0.303 e. The van der Waals surface area contributed by atoms with E-state index < -0.39 is 17.5 Å². The van der Waals surface area contributed by atoms with Gasteiger partial charge in [0.25, 0.3) is 5.91 Å². The fraction of sp³-hybridized carbons (Fsp3) is 0.364. The Morgan fingerprint density at radius 3 is 2.81 bits per heavy atom. The molecular weight excluding hydrogens is 401 g/mol. The highest BCUT2D eigenvalue weighted by Crippen LogP contribution is 2.35. The number of hydrogen-bond acceptors (Lipinski definition) is 6. The Balaban J connectivity index is 1.62. The number of halogens is 1. The van der Waals surface area contributed by atoms with E-state index in [1.807, 2.05) is 18.2 Å². The van der Waals surface area contributed by atoms with E-state index in [2.05, 4.69) is 20.3 Å². The lowest BCUT2D eigenvalue weighted by Crippen LogP contribution is -2.41. The van der Waals surface area contributed by atoms with E-state index in [4.69, 9.17) is 4.74 Å². The molecule has 31 heavy (non-hydrogen) atoms. The van der Waals surface area contributed by atoms with Crippen LogP contribution in [0.2, 0.25) is 0 Å². The third-order valence-electron chi connectivity index (χ3n) is 5.32. The van der Waals surface area contributed by atoms with Gasteiger partial charge in [-0.15, -0.1) is 5.10 Å². The van der Waals surface area contributed by atoms with Gasteiger partial charge < -0.3 is 15.0 Å². The summed E-state index contributed by atoms with van der Waals surface area (Å²) in [5, 5.41) is 7.41. The molecule has 3 aromatic rings. The monoisotopic (exact) mass is 425 g/mol. The van der Waals surface area contributed by atoms with Crippen molar-refractivity contribution < 1.29 is 18.7 Å². The van der Waals surface area contributed by atoms with Crippen molar-refractivity contribution in [1.82, 2.24) is 14.6 Å². The molecule has 1 aromatic carbocycles. The summed E-state index contributed by atoms with van der Waals surface area (Å²) in [6.45, 7) is 5.07. The number of imidazole rings is 1. The van der Waals surface area contributed by atoms with E-state index >= 15 is 0 Å². The summed E-state index contributed by atoms with van der Waals surface area (Å²) in [7, 11) is 0. The number of ether oxygens (including phenoxy) is 1. The van der Waals surface area contributed by atoms with Crippen LogP contribution in [-0.4, -0.2) is 38.6 Å². The molecule has 1 N–H and O–H groups in total. The zero-order valence-corrected chi connectivity index (χ0v) is 17.6. The fourth-order valence-corrected chi connectivity index (χ4v) is 3.88. The van der Waals surface area contributed by atoms with Crippen molar-refractivity contribution in [1.29, 1.82) is 0 Å². The number of nitrogens with one attached hydrogen (secondary N) is 1. The zero-order valence-electron chi connectivity index (χ0n) is 17.6. The first-order valence-corrected chi connectivity index (χ1v) is 10.1. The standard InChI is InChI=1S/C22H24FN5O3/c1-14(29)31-22(2,3)21(30)25-20-13-24-18-9-10-19(26-28(18)20)27-11-5-8-17(27)15-6-4-7-16(23)12-15/h4,6-7,9-10,12-13,17H,5,8,11H2,1-3H3,(H,25,30). The molecule has 3 heterocycles. The lowest BCUT2D eigenvalue weighted by atomic mass is 10.0. The second-order valence-corrected chi connectivity index (χ2v) is 8.07. The first-order chi connectivity index (χ1) is 14.7. The molecule has 162 valence electrons. The molecule has 4 rings (SSSR count). The Morgan fingerprint density at radius 1 is 1.26 bits per heavy atom. The van der Waals surface area contributed by atoms with Gasteiger partial charge in [0.15, 0.2) is 17.1 Å². The highest BCUT2D eigenvalue weighted by molar-refractivity contribution is 5.97. The van der Waals surface area contributed by atoms with Gasteiger partial charge in [-0.1, -0.05) is 12.1 Å². The molecule has 0 radical (unpaired) electrons. The lowest BCUT2D eigenvalue weighted by molar-refractivity contribution is -0.160. The van der Waals surface area contributed by atoms with Crippen molar-refractivity contribution in [2.45, 2.75) is 45.3 Å². The predicted octanol–water partition coefficient (Wildman–Crippen LogP) is 3.49. The molecule has 1 atom stereocenters. The van der Waals surface area contributed by atoms with Crippen molar-refractivity contribution in [3.05, 3.63) is 54.0 Å². The minimum Gasteiger partial charge on any atom is -0.450 e. The summed E-state index contributed by atoms with van der Waals surface area (Å²) in [6, 6.07) is 10.3.